The summed E-state index contributed by atoms with van der Waals surface area (Å²) in [7, 11) is -1.04. The molecule has 2 aromatic carbocycles. The topological polar surface area (TPSA) is 3.24 Å². The molecule has 0 saturated heterocycles. The van der Waals surface area contributed by atoms with Crippen LogP contribution in [0.4, 0.5) is 11.4 Å². The van der Waals surface area contributed by atoms with Crippen molar-refractivity contribution in [3.8, 4) is 0 Å². The molecule has 0 saturated carbocycles. The molecule has 0 N–H and O–H groups in total. The minimum absolute atomic E-state index is 0.753. The highest BCUT2D eigenvalue weighted by Gasteiger charge is 2.34. The Kier molecular flexibility index (Phi) is 3.39. The lowest BCUT2D eigenvalue weighted by atomic mass is 9.90. The SMILES string of the molecule is C[Si](C)(C)CC1CCN2c3ccccc3Sc3cccc1c32. The van der Waals surface area contributed by atoms with Crippen molar-refractivity contribution >= 4 is 31.2 Å². The normalized spacial score (nSPS) is 19.6. The number of rotatable bonds is 2. The van der Waals surface area contributed by atoms with Crippen LogP contribution in [0, 0.1) is 0 Å². The first-order valence-electron chi connectivity index (χ1n) is 8.20. The van der Waals surface area contributed by atoms with E-state index in [9.17, 15) is 0 Å². The molecule has 0 aromatic heterocycles. The number of benzene rings is 2. The standard InChI is InChI=1S/C19H23NSSi/c1-22(2,3)13-14-11-12-20-16-8-4-5-9-17(16)21-18-10-6-7-15(14)19(18)20/h4-10,14H,11-13H2,1-3H3. The Bertz CT molecular complexity index is 720. The molecule has 0 bridgehead atoms. The van der Waals surface area contributed by atoms with Crippen LogP contribution in [0.3, 0.4) is 0 Å². The largest absolute Gasteiger partial charge is 0.339 e. The summed E-state index contributed by atoms with van der Waals surface area (Å²) in [4.78, 5) is 5.41. The van der Waals surface area contributed by atoms with Crippen molar-refractivity contribution in [3.63, 3.8) is 0 Å². The second-order valence-corrected chi connectivity index (χ2v) is 14.3. The Morgan fingerprint density at radius 3 is 2.64 bits per heavy atom. The Hall–Kier alpha value is -1.19. The van der Waals surface area contributed by atoms with Crippen LogP contribution >= 0.6 is 11.8 Å². The van der Waals surface area contributed by atoms with E-state index in [2.05, 4.69) is 67.0 Å². The fourth-order valence-corrected chi connectivity index (χ4v) is 6.91. The highest BCUT2D eigenvalue weighted by Crippen LogP contribution is 2.54. The summed E-state index contributed by atoms with van der Waals surface area (Å²) in [5.74, 6) is 0.753. The molecule has 1 nitrogen and oxygen atoms in total. The van der Waals surface area contributed by atoms with E-state index in [1.54, 1.807) is 5.56 Å². The summed E-state index contributed by atoms with van der Waals surface area (Å²) in [6.07, 6.45) is 1.29. The van der Waals surface area contributed by atoms with E-state index in [1.165, 1.54) is 33.6 Å². The lowest BCUT2D eigenvalue weighted by Gasteiger charge is -2.41. The number of hydrogen-bond acceptors (Lipinski definition) is 2. The lowest BCUT2D eigenvalue weighted by molar-refractivity contribution is 0.634. The van der Waals surface area contributed by atoms with E-state index in [4.69, 9.17) is 0 Å². The number of fused-ring (bicyclic) bond motifs is 2. The molecule has 2 aliphatic rings. The third-order valence-electron chi connectivity index (χ3n) is 4.68. The molecule has 2 aromatic rings. The summed E-state index contributed by atoms with van der Waals surface area (Å²) in [6.45, 7) is 8.66. The molecule has 1 unspecified atom stereocenters. The van der Waals surface area contributed by atoms with Crippen LogP contribution in [-0.4, -0.2) is 14.6 Å². The molecule has 0 spiro atoms. The predicted molar refractivity (Wildman–Crippen MR) is 99.5 cm³/mol. The smallest absolute Gasteiger partial charge is 0.0588 e. The monoisotopic (exact) mass is 325 g/mol. The maximum Gasteiger partial charge on any atom is 0.0588 e. The molecule has 22 heavy (non-hydrogen) atoms. The zero-order valence-corrected chi connectivity index (χ0v) is 15.4. The molecule has 3 heteroatoms. The van der Waals surface area contributed by atoms with Crippen molar-refractivity contribution in [1.29, 1.82) is 0 Å². The van der Waals surface area contributed by atoms with Crippen molar-refractivity contribution in [3.05, 3.63) is 48.0 Å². The highest BCUT2D eigenvalue weighted by molar-refractivity contribution is 7.99. The number of para-hydroxylation sites is 2. The van der Waals surface area contributed by atoms with Gasteiger partial charge in [-0.05, 0) is 36.1 Å². The molecule has 4 rings (SSSR count). The lowest BCUT2D eigenvalue weighted by Crippen LogP contribution is -2.32. The van der Waals surface area contributed by atoms with Gasteiger partial charge in [0.15, 0.2) is 0 Å². The first-order valence-corrected chi connectivity index (χ1v) is 12.7. The van der Waals surface area contributed by atoms with Gasteiger partial charge in [-0.25, -0.2) is 0 Å². The van der Waals surface area contributed by atoms with Gasteiger partial charge in [0, 0.05) is 24.4 Å². The molecule has 2 heterocycles. The number of hydrogen-bond donors (Lipinski definition) is 0. The van der Waals surface area contributed by atoms with Gasteiger partial charge in [-0.15, -0.1) is 0 Å². The first-order chi connectivity index (χ1) is 10.5. The summed E-state index contributed by atoms with van der Waals surface area (Å²) in [6, 6.07) is 17.2. The number of anilines is 2. The van der Waals surface area contributed by atoms with Gasteiger partial charge < -0.3 is 4.90 Å². The van der Waals surface area contributed by atoms with Gasteiger partial charge in [0.05, 0.1) is 11.4 Å². The molecule has 114 valence electrons. The van der Waals surface area contributed by atoms with Crippen LogP contribution in [0.2, 0.25) is 25.7 Å². The van der Waals surface area contributed by atoms with Gasteiger partial charge >= 0.3 is 0 Å². The van der Waals surface area contributed by atoms with Crippen molar-refractivity contribution in [2.24, 2.45) is 0 Å². The molecule has 0 amide bonds. The molecule has 2 aliphatic heterocycles. The third kappa shape index (κ3) is 2.40. The van der Waals surface area contributed by atoms with Gasteiger partial charge in [0.25, 0.3) is 0 Å². The summed E-state index contributed by atoms with van der Waals surface area (Å²) in [5.41, 5.74) is 4.49. The van der Waals surface area contributed by atoms with E-state index in [1.807, 2.05) is 11.8 Å². The van der Waals surface area contributed by atoms with E-state index in [0.717, 1.165) is 12.5 Å². The van der Waals surface area contributed by atoms with Gasteiger partial charge in [-0.1, -0.05) is 61.7 Å². The first kappa shape index (κ1) is 14.4. The Labute approximate surface area is 138 Å². The van der Waals surface area contributed by atoms with Gasteiger partial charge in [0.1, 0.15) is 0 Å². The summed E-state index contributed by atoms with van der Waals surface area (Å²) >= 11 is 1.94. The number of nitrogens with zero attached hydrogens (tertiary/aromatic N) is 1. The second-order valence-electron chi connectivity index (χ2n) is 7.67. The fraction of sp³-hybridized carbons (Fsp3) is 0.368. The average molecular weight is 326 g/mol. The Morgan fingerprint density at radius 1 is 1.05 bits per heavy atom. The van der Waals surface area contributed by atoms with E-state index in [0.29, 0.717) is 0 Å². The van der Waals surface area contributed by atoms with Crippen LogP contribution < -0.4 is 4.90 Å². The molecule has 0 fully saturated rings. The maximum atomic E-state index is 2.57. The van der Waals surface area contributed by atoms with Crippen molar-refractivity contribution in [2.75, 3.05) is 11.4 Å². The molecular weight excluding hydrogens is 302 g/mol. The van der Waals surface area contributed by atoms with E-state index >= 15 is 0 Å². The van der Waals surface area contributed by atoms with Crippen molar-refractivity contribution in [2.45, 2.75) is 47.8 Å². The van der Waals surface area contributed by atoms with Crippen LogP contribution in [0.1, 0.15) is 17.9 Å². The molecular formula is C19H23NSSi. The molecule has 1 atom stereocenters. The van der Waals surface area contributed by atoms with E-state index < -0.39 is 8.07 Å². The highest BCUT2D eigenvalue weighted by atomic mass is 32.2. The quantitative estimate of drug-likeness (QED) is 0.612. The third-order valence-corrected chi connectivity index (χ3v) is 7.51. The van der Waals surface area contributed by atoms with Crippen LogP contribution in [-0.2, 0) is 0 Å². The van der Waals surface area contributed by atoms with Gasteiger partial charge in [-0.3, -0.25) is 0 Å². The van der Waals surface area contributed by atoms with Gasteiger partial charge in [0.2, 0.25) is 0 Å². The van der Waals surface area contributed by atoms with E-state index in [-0.39, 0.29) is 0 Å². The van der Waals surface area contributed by atoms with Crippen LogP contribution in [0.15, 0.2) is 52.3 Å². The van der Waals surface area contributed by atoms with Crippen molar-refractivity contribution < 1.29 is 0 Å². The zero-order chi connectivity index (χ0) is 15.3. The average Bonchev–Trinajstić information content (AvgIpc) is 2.48. The van der Waals surface area contributed by atoms with Crippen LogP contribution in [0.25, 0.3) is 0 Å². The maximum absolute atomic E-state index is 2.57. The predicted octanol–water partition coefficient (Wildman–Crippen LogP) is 6.11. The summed E-state index contributed by atoms with van der Waals surface area (Å²) in [5, 5.41) is 0. The Balaban J connectivity index is 1.81. The Morgan fingerprint density at radius 2 is 1.82 bits per heavy atom. The zero-order valence-electron chi connectivity index (χ0n) is 13.6. The minimum atomic E-state index is -1.04. The van der Waals surface area contributed by atoms with Crippen LogP contribution in [0.5, 0.6) is 0 Å². The second kappa shape index (κ2) is 5.17. The summed E-state index contributed by atoms with van der Waals surface area (Å²) < 4.78 is 0. The minimum Gasteiger partial charge on any atom is -0.339 e. The van der Waals surface area contributed by atoms with Gasteiger partial charge in [-0.2, -0.15) is 0 Å². The molecule has 0 aliphatic carbocycles. The molecule has 0 radical (unpaired) electrons. The fourth-order valence-electron chi connectivity index (χ4n) is 3.87. The van der Waals surface area contributed by atoms with Crippen molar-refractivity contribution in [1.82, 2.24) is 0 Å².